The van der Waals surface area contributed by atoms with Crippen molar-refractivity contribution in [1.29, 1.82) is 0 Å². The van der Waals surface area contributed by atoms with Crippen molar-refractivity contribution in [3.05, 3.63) is 54.9 Å². The third-order valence-electron chi connectivity index (χ3n) is 5.07. The Labute approximate surface area is 164 Å². The first-order valence-corrected chi connectivity index (χ1v) is 9.63. The average Bonchev–Trinajstić information content (AvgIpc) is 3.27. The Bertz CT molecular complexity index is 1020. The molecule has 1 aliphatic rings. The van der Waals surface area contributed by atoms with Crippen molar-refractivity contribution in [3.63, 3.8) is 0 Å². The normalized spacial score (nSPS) is 16.9. The van der Waals surface area contributed by atoms with Crippen LogP contribution in [0, 0.1) is 11.8 Å². The summed E-state index contributed by atoms with van der Waals surface area (Å²) in [4.78, 5) is 31.4. The summed E-state index contributed by atoms with van der Waals surface area (Å²) in [6.07, 6.45) is 3.75. The largest absolute Gasteiger partial charge is 0.317 e. The molecule has 0 saturated carbocycles. The molecule has 2 heterocycles. The molecular formula is C22H24N4O2. The lowest BCUT2D eigenvalue weighted by Gasteiger charge is -2.19. The second-order valence-corrected chi connectivity index (χ2v) is 7.69. The molecule has 1 N–H and O–H groups in total. The summed E-state index contributed by atoms with van der Waals surface area (Å²) in [6.45, 7) is 5.39. The third kappa shape index (κ3) is 3.50. The quantitative estimate of drug-likeness (QED) is 0.739. The van der Waals surface area contributed by atoms with Crippen molar-refractivity contribution in [2.24, 2.45) is 11.8 Å². The molecule has 4 rings (SSSR count). The monoisotopic (exact) mass is 376 g/mol. The number of aromatic nitrogens is 2. The first kappa shape index (κ1) is 18.2. The Balaban J connectivity index is 1.52. The molecule has 2 aromatic carbocycles. The van der Waals surface area contributed by atoms with Crippen LogP contribution in [0.4, 0.5) is 11.6 Å². The molecule has 6 nitrogen and oxygen atoms in total. The summed E-state index contributed by atoms with van der Waals surface area (Å²) in [7, 11) is 0. The van der Waals surface area contributed by atoms with Gasteiger partial charge in [0.15, 0.2) is 0 Å². The van der Waals surface area contributed by atoms with Crippen LogP contribution in [0.5, 0.6) is 0 Å². The maximum atomic E-state index is 12.8. The van der Waals surface area contributed by atoms with Crippen LogP contribution in [-0.2, 0) is 16.1 Å². The van der Waals surface area contributed by atoms with Crippen molar-refractivity contribution in [2.45, 2.75) is 26.8 Å². The molecule has 6 heteroatoms. The molecule has 0 bridgehead atoms. The lowest BCUT2D eigenvalue weighted by atomic mass is 10.1. The number of nitrogens with zero attached hydrogens (tertiary/aromatic N) is 3. The Morgan fingerprint density at radius 2 is 2.00 bits per heavy atom. The van der Waals surface area contributed by atoms with E-state index in [-0.39, 0.29) is 18.2 Å². The lowest BCUT2D eigenvalue weighted by molar-refractivity contribution is -0.122. The highest BCUT2D eigenvalue weighted by atomic mass is 16.2. The first-order valence-electron chi connectivity index (χ1n) is 9.63. The van der Waals surface area contributed by atoms with E-state index < -0.39 is 5.92 Å². The number of rotatable bonds is 5. The standard InChI is InChI=1S/C22H24N4O2/c1-15(2)13-25-11-10-23-22(25)24-21(28)17-12-20(27)26(14-17)19-9-5-7-16-6-3-4-8-18(16)19/h3-11,15,17H,12-14H2,1-2H3,(H,23,24,28)/t17-/m0/s1. The van der Waals surface area contributed by atoms with Gasteiger partial charge in [0, 0.05) is 37.3 Å². The van der Waals surface area contributed by atoms with Crippen LogP contribution >= 0.6 is 0 Å². The minimum atomic E-state index is -0.393. The molecule has 2 amide bonds. The SMILES string of the molecule is CC(C)Cn1ccnc1NC(=O)[C@H]1CC(=O)N(c2cccc3ccccc23)C1. The Kier molecular flexibility index (Phi) is 4.86. The van der Waals surface area contributed by atoms with Gasteiger partial charge in [-0.3, -0.25) is 14.9 Å². The lowest BCUT2D eigenvalue weighted by Crippen LogP contribution is -2.29. The minimum absolute atomic E-state index is 0.0259. The molecule has 1 atom stereocenters. The van der Waals surface area contributed by atoms with Crippen molar-refractivity contribution < 1.29 is 9.59 Å². The number of benzene rings is 2. The maximum Gasteiger partial charge on any atom is 0.232 e. The number of hydrogen-bond donors (Lipinski definition) is 1. The smallest absolute Gasteiger partial charge is 0.232 e. The number of carbonyl (C=O) groups excluding carboxylic acids is 2. The summed E-state index contributed by atoms with van der Waals surface area (Å²) in [6, 6.07) is 13.9. The van der Waals surface area contributed by atoms with Crippen LogP contribution in [0.25, 0.3) is 10.8 Å². The van der Waals surface area contributed by atoms with E-state index in [0.29, 0.717) is 18.4 Å². The number of amides is 2. The van der Waals surface area contributed by atoms with Gasteiger partial charge < -0.3 is 9.47 Å². The molecule has 0 aliphatic carbocycles. The second-order valence-electron chi connectivity index (χ2n) is 7.69. The Morgan fingerprint density at radius 1 is 1.21 bits per heavy atom. The highest BCUT2D eigenvalue weighted by Crippen LogP contribution is 2.32. The van der Waals surface area contributed by atoms with Gasteiger partial charge in [-0.05, 0) is 17.4 Å². The van der Waals surface area contributed by atoms with E-state index >= 15 is 0 Å². The highest BCUT2D eigenvalue weighted by Gasteiger charge is 2.36. The molecule has 1 aromatic heterocycles. The van der Waals surface area contributed by atoms with Gasteiger partial charge in [-0.15, -0.1) is 0 Å². The van der Waals surface area contributed by atoms with Gasteiger partial charge in [-0.25, -0.2) is 4.98 Å². The van der Waals surface area contributed by atoms with E-state index in [1.807, 2.05) is 53.2 Å². The summed E-state index contributed by atoms with van der Waals surface area (Å²) >= 11 is 0. The molecule has 1 saturated heterocycles. The van der Waals surface area contributed by atoms with Crippen LogP contribution in [0.15, 0.2) is 54.9 Å². The topological polar surface area (TPSA) is 67.2 Å². The summed E-state index contributed by atoms with van der Waals surface area (Å²) < 4.78 is 1.93. The van der Waals surface area contributed by atoms with Crippen molar-refractivity contribution >= 4 is 34.2 Å². The first-order chi connectivity index (χ1) is 13.5. The zero-order valence-corrected chi connectivity index (χ0v) is 16.1. The van der Waals surface area contributed by atoms with E-state index in [4.69, 9.17) is 0 Å². The molecule has 28 heavy (non-hydrogen) atoms. The molecule has 0 radical (unpaired) electrons. The molecule has 1 aliphatic heterocycles. The van der Waals surface area contributed by atoms with E-state index in [0.717, 1.165) is 23.0 Å². The van der Waals surface area contributed by atoms with Gasteiger partial charge in [0.1, 0.15) is 0 Å². The van der Waals surface area contributed by atoms with E-state index in [9.17, 15) is 9.59 Å². The van der Waals surface area contributed by atoms with E-state index in [1.54, 1.807) is 11.1 Å². The van der Waals surface area contributed by atoms with Crippen LogP contribution < -0.4 is 10.2 Å². The summed E-state index contributed by atoms with van der Waals surface area (Å²) in [5.74, 6) is 0.402. The fourth-order valence-corrected chi connectivity index (χ4v) is 3.75. The number of nitrogens with one attached hydrogen (secondary N) is 1. The number of hydrogen-bond acceptors (Lipinski definition) is 3. The van der Waals surface area contributed by atoms with Crippen molar-refractivity contribution in [2.75, 3.05) is 16.8 Å². The second kappa shape index (κ2) is 7.46. The van der Waals surface area contributed by atoms with Crippen LogP contribution in [0.1, 0.15) is 20.3 Å². The van der Waals surface area contributed by atoms with Crippen molar-refractivity contribution in [1.82, 2.24) is 9.55 Å². The minimum Gasteiger partial charge on any atom is -0.317 e. The maximum absolute atomic E-state index is 12.8. The predicted molar refractivity (Wildman–Crippen MR) is 110 cm³/mol. The molecule has 144 valence electrons. The van der Waals surface area contributed by atoms with Crippen molar-refractivity contribution in [3.8, 4) is 0 Å². The molecule has 0 spiro atoms. The van der Waals surface area contributed by atoms with Gasteiger partial charge >= 0.3 is 0 Å². The Hall–Kier alpha value is -3.15. The summed E-state index contributed by atoms with van der Waals surface area (Å²) in [5.41, 5.74) is 0.861. The molecule has 3 aromatic rings. The zero-order chi connectivity index (χ0) is 19.7. The van der Waals surface area contributed by atoms with Gasteiger partial charge in [-0.2, -0.15) is 0 Å². The molecular weight excluding hydrogens is 352 g/mol. The highest BCUT2D eigenvalue weighted by molar-refractivity contribution is 6.08. The van der Waals surface area contributed by atoms with Gasteiger partial charge in [-0.1, -0.05) is 50.2 Å². The Morgan fingerprint density at radius 3 is 2.82 bits per heavy atom. The van der Waals surface area contributed by atoms with Gasteiger partial charge in [0.25, 0.3) is 0 Å². The zero-order valence-electron chi connectivity index (χ0n) is 16.1. The fraction of sp³-hybridized carbons (Fsp3) is 0.318. The number of fused-ring (bicyclic) bond motifs is 1. The summed E-state index contributed by atoms with van der Waals surface area (Å²) in [5, 5.41) is 5.00. The average molecular weight is 376 g/mol. The predicted octanol–water partition coefficient (Wildman–Crippen LogP) is 3.68. The third-order valence-corrected chi connectivity index (χ3v) is 5.07. The van der Waals surface area contributed by atoms with Crippen LogP contribution in [0.3, 0.4) is 0 Å². The van der Waals surface area contributed by atoms with Gasteiger partial charge in [0.05, 0.1) is 11.6 Å². The van der Waals surface area contributed by atoms with Crippen LogP contribution in [0.2, 0.25) is 0 Å². The van der Waals surface area contributed by atoms with E-state index in [1.165, 1.54) is 0 Å². The molecule has 0 unspecified atom stereocenters. The van der Waals surface area contributed by atoms with E-state index in [2.05, 4.69) is 24.1 Å². The van der Waals surface area contributed by atoms with Gasteiger partial charge in [0.2, 0.25) is 17.8 Å². The fourth-order valence-electron chi connectivity index (χ4n) is 3.75. The number of imidazole rings is 1. The molecule has 1 fully saturated rings. The number of anilines is 2. The van der Waals surface area contributed by atoms with Crippen LogP contribution in [-0.4, -0.2) is 27.9 Å². The number of carbonyl (C=O) groups is 2.